The van der Waals surface area contributed by atoms with Gasteiger partial charge >= 0.3 is 0 Å². The van der Waals surface area contributed by atoms with Gasteiger partial charge in [0, 0.05) is 19.1 Å². The van der Waals surface area contributed by atoms with Crippen molar-refractivity contribution in [3.8, 4) is 0 Å². The molecule has 3 unspecified atom stereocenters. The van der Waals surface area contributed by atoms with Crippen molar-refractivity contribution in [1.82, 2.24) is 4.31 Å². The standard InChI is InChI=1S/C14H18BrFN2O2S/c15-12-5-4-10(6-13(12)16)21(19,20)18-7-9-2-1-3-14(17)11(9)8-18/h4-6,9,11,14H,1-3,7-8,17H2. The van der Waals surface area contributed by atoms with E-state index in [1.165, 1.54) is 16.4 Å². The average molecular weight is 377 g/mol. The van der Waals surface area contributed by atoms with Gasteiger partial charge in [-0.3, -0.25) is 0 Å². The Labute approximate surface area is 132 Å². The minimum Gasteiger partial charge on any atom is -0.327 e. The zero-order chi connectivity index (χ0) is 15.2. The molecule has 21 heavy (non-hydrogen) atoms. The third-order valence-corrected chi connectivity index (χ3v) is 7.12. The highest BCUT2D eigenvalue weighted by Gasteiger charge is 2.43. The van der Waals surface area contributed by atoms with Gasteiger partial charge in [-0.15, -0.1) is 0 Å². The molecule has 2 fully saturated rings. The molecule has 7 heteroatoms. The Bertz CT molecular complexity index is 652. The number of fused-ring (bicyclic) bond motifs is 1. The molecular weight excluding hydrogens is 359 g/mol. The van der Waals surface area contributed by atoms with Gasteiger partial charge in [0.25, 0.3) is 0 Å². The molecule has 3 rings (SSSR count). The first-order valence-electron chi connectivity index (χ1n) is 7.10. The molecule has 116 valence electrons. The van der Waals surface area contributed by atoms with Gasteiger partial charge in [-0.05, 0) is 58.8 Å². The Kier molecular flexibility index (Phi) is 4.11. The lowest BCUT2D eigenvalue weighted by molar-refractivity contribution is 0.260. The van der Waals surface area contributed by atoms with Gasteiger partial charge in [-0.2, -0.15) is 4.31 Å². The van der Waals surface area contributed by atoms with Crippen LogP contribution in [0.15, 0.2) is 27.6 Å². The van der Waals surface area contributed by atoms with E-state index >= 15 is 0 Å². The van der Waals surface area contributed by atoms with E-state index in [0.29, 0.717) is 19.0 Å². The molecule has 1 heterocycles. The van der Waals surface area contributed by atoms with Crippen LogP contribution in [0.4, 0.5) is 4.39 Å². The summed E-state index contributed by atoms with van der Waals surface area (Å²) in [7, 11) is -3.64. The maximum Gasteiger partial charge on any atom is 0.243 e. The van der Waals surface area contributed by atoms with Crippen LogP contribution in [0, 0.1) is 17.7 Å². The fourth-order valence-electron chi connectivity index (χ4n) is 3.46. The van der Waals surface area contributed by atoms with Crippen molar-refractivity contribution in [2.45, 2.75) is 30.2 Å². The van der Waals surface area contributed by atoms with E-state index in [9.17, 15) is 12.8 Å². The van der Waals surface area contributed by atoms with Gasteiger partial charge < -0.3 is 5.73 Å². The molecule has 1 aromatic rings. The van der Waals surface area contributed by atoms with Crippen molar-refractivity contribution >= 4 is 26.0 Å². The molecule has 0 spiro atoms. The van der Waals surface area contributed by atoms with E-state index in [4.69, 9.17) is 5.73 Å². The van der Waals surface area contributed by atoms with E-state index in [2.05, 4.69) is 15.9 Å². The zero-order valence-corrected chi connectivity index (χ0v) is 13.9. The number of nitrogens with two attached hydrogens (primary N) is 1. The smallest absolute Gasteiger partial charge is 0.243 e. The lowest BCUT2D eigenvalue weighted by Gasteiger charge is -2.29. The second-order valence-electron chi connectivity index (χ2n) is 5.92. The van der Waals surface area contributed by atoms with Gasteiger partial charge in [0.1, 0.15) is 5.82 Å². The molecule has 3 atom stereocenters. The summed E-state index contributed by atoms with van der Waals surface area (Å²) in [5.41, 5.74) is 6.12. The second-order valence-corrected chi connectivity index (χ2v) is 8.71. The van der Waals surface area contributed by atoms with Crippen LogP contribution < -0.4 is 5.73 Å². The maximum absolute atomic E-state index is 13.6. The van der Waals surface area contributed by atoms with Gasteiger partial charge in [0.15, 0.2) is 0 Å². The van der Waals surface area contributed by atoms with Crippen LogP contribution in [-0.4, -0.2) is 31.9 Å². The molecule has 4 nitrogen and oxygen atoms in total. The van der Waals surface area contributed by atoms with Crippen molar-refractivity contribution in [1.29, 1.82) is 0 Å². The second kappa shape index (κ2) is 5.61. The van der Waals surface area contributed by atoms with Crippen LogP contribution in [0.2, 0.25) is 0 Å². The van der Waals surface area contributed by atoms with Crippen LogP contribution in [0.1, 0.15) is 19.3 Å². The Morgan fingerprint density at radius 1 is 1.29 bits per heavy atom. The van der Waals surface area contributed by atoms with Crippen molar-refractivity contribution in [2.75, 3.05) is 13.1 Å². The van der Waals surface area contributed by atoms with Crippen molar-refractivity contribution < 1.29 is 12.8 Å². The number of hydrogen-bond donors (Lipinski definition) is 1. The van der Waals surface area contributed by atoms with E-state index in [0.717, 1.165) is 25.3 Å². The van der Waals surface area contributed by atoms with Gasteiger partial charge in [0.05, 0.1) is 9.37 Å². The van der Waals surface area contributed by atoms with E-state index in [-0.39, 0.29) is 21.3 Å². The largest absolute Gasteiger partial charge is 0.327 e. The fraction of sp³-hybridized carbons (Fsp3) is 0.571. The van der Waals surface area contributed by atoms with E-state index < -0.39 is 15.8 Å². The summed E-state index contributed by atoms with van der Waals surface area (Å²) in [5, 5.41) is 0. The molecule has 2 aliphatic rings. The summed E-state index contributed by atoms with van der Waals surface area (Å²) in [6.45, 7) is 0.949. The summed E-state index contributed by atoms with van der Waals surface area (Å²) in [5.74, 6) is 0.00188. The van der Waals surface area contributed by atoms with Crippen LogP contribution >= 0.6 is 15.9 Å². The van der Waals surface area contributed by atoms with Gasteiger partial charge in [-0.25, -0.2) is 12.8 Å². The van der Waals surface area contributed by atoms with Crippen LogP contribution in [0.3, 0.4) is 0 Å². The third kappa shape index (κ3) is 2.76. The Hall–Kier alpha value is -0.500. The minimum absolute atomic E-state index is 0.00965. The Balaban J connectivity index is 1.87. The monoisotopic (exact) mass is 376 g/mol. The van der Waals surface area contributed by atoms with Gasteiger partial charge in [0.2, 0.25) is 10.0 Å². The Morgan fingerprint density at radius 2 is 2.05 bits per heavy atom. The Morgan fingerprint density at radius 3 is 2.71 bits per heavy atom. The highest BCUT2D eigenvalue weighted by molar-refractivity contribution is 9.10. The molecule has 1 aliphatic heterocycles. The predicted octanol–water partition coefficient (Wildman–Crippen LogP) is 2.34. The predicted molar refractivity (Wildman–Crippen MR) is 81.7 cm³/mol. The number of rotatable bonds is 2. The first-order chi connectivity index (χ1) is 9.89. The van der Waals surface area contributed by atoms with Crippen molar-refractivity contribution in [3.63, 3.8) is 0 Å². The van der Waals surface area contributed by atoms with Crippen LogP contribution in [-0.2, 0) is 10.0 Å². The molecule has 1 aromatic carbocycles. The maximum atomic E-state index is 13.6. The van der Waals surface area contributed by atoms with Gasteiger partial charge in [-0.1, -0.05) is 6.42 Å². The number of hydrogen-bond acceptors (Lipinski definition) is 3. The number of nitrogens with zero attached hydrogens (tertiary/aromatic N) is 1. The number of benzene rings is 1. The lowest BCUT2D eigenvalue weighted by atomic mass is 9.78. The quantitative estimate of drug-likeness (QED) is 0.861. The van der Waals surface area contributed by atoms with Crippen molar-refractivity contribution in [2.24, 2.45) is 17.6 Å². The molecule has 0 aromatic heterocycles. The SMILES string of the molecule is NC1CCCC2CN(S(=O)(=O)c3ccc(Br)c(F)c3)CC12. The zero-order valence-electron chi connectivity index (χ0n) is 11.5. The summed E-state index contributed by atoms with van der Waals surface area (Å²) < 4.78 is 40.6. The molecular formula is C14H18BrFN2O2S. The molecule has 2 N–H and O–H groups in total. The van der Waals surface area contributed by atoms with Crippen LogP contribution in [0.25, 0.3) is 0 Å². The molecule has 1 aliphatic carbocycles. The number of sulfonamides is 1. The summed E-state index contributed by atoms with van der Waals surface area (Å²) in [6.07, 6.45) is 3.05. The first-order valence-corrected chi connectivity index (χ1v) is 9.33. The molecule has 1 saturated heterocycles. The third-order valence-electron chi connectivity index (χ3n) is 4.65. The average Bonchev–Trinajstić information content (AvgIpc) is 2.88. The topological polar surface area (TPSA) is 63.4 Å². The van der Waals surface area contributed by atoms with E-state index in [1.807, 2.05) is 0 Å². The minimum atomic E-state index is -3.64. The lowest BCUT2D eigenvalue weighted by Crippen LogP contribution is -2.38. The number of halogens is 2. The normalized spacial score (nSPS) is 30.3. The first kappa shape index (κ1) is 15.4. The van der Waals surface area contributed by atoms with Crippen LogP contribution in [0.5, 0.6) is 0 Å². The fourth-order valence-corrected chi connectivity index (χ4v) is 5.25. The highest BCUT2D eigenvalue weighted by Crippen LogP contribution is 2.38. The molecule has 0 bridgehead atoms. The highest BCUT2D eigenvalue weighted by atomic mass is 79.9. The molecule has 0 amide bonds. The van der Waals surface area contributed by atoms with E-state index in [1.54, 1.807) is 0 Å². The molecule has 0 radical (unpaired) electrons. The summed E-state index contributed by atoms with van der Waals surface area (Å²) in [4.78, 5) is 0.00965. The molecule has 1 saturated carbocycles. The summed E-state index contributed by atoms with van der Waals surface area (Å²) in [6, 6.07) is 4.01. The summed E-state index contributed by atoms with van der Waals surface area (Å²) >= 11 is 3.04. The van der Waals surface area contributed by atoms with Crippen molar-refractivity contribution in [3.05, 3.63) is 28.5 Å².